The molecule has 2 atom stereocenters. The zero-order chi connectivity index (χ0) is 13.8. The summed E-state index contributed by atoms with van der Waals surface area (Å²) in [6.45, 7) is 5.51. The molecular weight excluding hydrogens is 245 g/mol. The molecule has 1 amide bonds. The Morgan fingerprint density at radius 3 is 2.74 bits per heavy atom. The number of piperidine rings is 1. The van der Waals surface area contributed by atoms with Crippen LogP contribution in [0.5, 0.6) is 5.75 Å². The molecule has 3 nitrogen and oxygen atoms in total. The third kappa shape index (κ3) is 3.69. The van der Waals surface area contributed by atoms with Crippen molar-refractivity contribution in [2.75, 3.05) is 13.1 Å². The fraction of sp³-hybridized carbons (Fsp3) is 0.533. The smallest absolute Gasteiger partial charge is 0.263 e. The fourth-order valence-corrected chi connectivity index (χ4v) is 2.41. The van der Waals surface area contributed by atoms with Crippen molar-refractivity contribution in [2.45, 2.75) is 32.8 Å². The first-order chi connectivity index (χ1) is 9.06. The Bertz CT molecular complexity index is 432. The summed E-state index contributed by atoms with van der Waals surface area (Å²) >= 11 is 0. The number of hydrogen-bond acceptors (Lipinski definition) is 2. The van der Waals surface area contributed by atoms with Crippen LogP contribution in [0.25, 0.3) is 0 Å². The maximum Gasteiger partial charge on any atom is 0.263 e. The summed E-state index contributed by atoms with van der Waals surface area (Å²) in [5.41, 5.74) is 0. The van der Waals surface area contributed by atoms with Gasteiger partial charge >= 0.3 is 0 Å². The second kappa shape index (κ2) is 6.04. The lowest BCUT2D eigenvalue weighted by molar-refractivity contribution is -0.139. The molecule has 1 aliphatic heterocycles. The number of ether oxygens (including phenoxy) is 1. The predicted molar refractivity (Wildman–Crippen MR) is 71.5 cm³/mol. The fourth-order valence-electron chi connectivity index (χ4n) is 2.41. The summed E-state index contributed by atoms with van der Waals surface area (Å²) in [4.78, 5) is 14.1. The quantitative estimate of drug-likeness (QED) is 0.841. The summed E-state index contributed by atoms with van der Waals surface area (Å²) in [7, 11) is 0. The molecule has 1 heterocycles. The van der Waals surface area contributed by atoms with E-state index in [4.69, 9.17) is 4.74 Å². The minimum absolute atomic E-state index is 0.0101. The summed E-state index contributed by atoms with van der Waals surface area (Å²) in [6, 6.07) is 5.74. The predicted octanol–water partition coefficient (Wildman–Crippen LogP) is 2.85. The van der Waals surface area contributed by atoms with Gasteiger partial charge in [0.25, 0.3) is 5.91 Å². The number of carbonyl (C=O) groups is 1. The van der Waals surface area contributed by atoms with E-state index in [1.165, 1.54) is 30.7 Å². The third-order valence-electron chi connectivity index (χ3n) is 3.44. The molecule has 1 aromatic rings. The van der Waals surface area contributed by atoms with E-state index in [0.29, 0.717) is 11.7 Å². The second-order valence-electron chi connectivity index (χ2n) is 5.25. The zero-order valence-electron chi connectivity index (χ0n) is 11.4. The van der Waals surface area contributed by atoms with Gasteiger partial charge < -0.3 is 9.64 Å². The molecule has 0 saturated carbocycles. The van der Waals surface area contributed by atoms with Gasteiger partial charge in [0, 0.05) is 13.1 Å². The van der Waals surface area contributed by atoms with Crippen LogP contribution in [0, 0.1) is 11.7 Å². The standard InChI is InChI=1S/C15H20FNO2/c1-11-4-3-9-17(10-11)15(18)12(2)19-14-7-5-13(16)6-8-14/h5-8,11-12H,3-4,9-10H2,1-2H3/t11-,12-/m1/s1. The monoisotopic (exact) mass is 265 g/mol. The minimum atomic E-state index is -0.532. The molecule has 1 saturated heterocycles. The average Bonchev–Trinajstić information content (AvgIpc) is 2.40. The highest BCUT2D eigenvalue weighted by Crippen LogP contribution is 2.18. The van der Waals surface area contributed by atoms with Crippen LogP contribution in [-0.2, 0) is 4.79 Å². The summed E-state index contributed by atoms with van der Waals surface area (Å²) in [5, 5.41) is 0. The lowest BCUT2D eigenvalue weighted by Crippen LogP contribution is -2.45. The number of amides is 1. The number of likely N-dealkylation sites (tertiary alicyclic amines) is 1. The van der Waals surface area contributed by atoms with Crippen molar-refractivity contribution < 1.29 is 13.9 Å². The second-order valence-corrected chi connectivity index (χ2v) is 5.25. The van der Waals surface area contributed by atoms with E-state index in [-0.39, 0.29) is 11.7 Å². The maximum absolute atomic E-state index is 12.8. The van der Waals surface area contributed by atoms with Crippen molar-refractivity contribution in [1.29, 1.82) is 0 Å². The van der Waals surface area contributed by atoms with E-state index in [9.17, 15) is 9.18 Å². The van der Waals surface area contributed by atoms with Crippen molar-refractivity contribution in [3.8, 4) is 5.75 Å². The number of carbonyl (C=O) groups excluding carboxylic acids is 1. The Hall–Kier alpha value is -1.58. The normalized spacial score (nSPS) is 21.0. The van der Waals surface area contributed by atoms with Crippen molar-refractivity contribution >= 4 is 5.91 Å². The number of nitrogens with zero attached hydrogens (tertiary/aromatic N) is 1. The van der Waals surface area contributed by atoms with Crippen LogP contribution in [0.2, 0.25) is 0 Å². The first kappa shape index (κ1) is 13.8. The number of hydrogen-bond donors (Lipinski definition) is 0. The van der Waals surface area contributed by atoms with E-state index in [2.05, 4.69) is 6.92 Å². The summed E-state index contributed by atoms with van der Waals surface area (Å²) in [5.74, 6) is 0.773. The molecular formula is C15H20FNO2. The zero-order valence-corrected chi connectivity index (χ0v) is 11.4. The Balaban J connectivity index is 1.93. The van der Waals surface area contributed by atoms with Gasteiger partial charge in [0.05, 0.1) is 0 Å². The topological polar surface area (TPSA) is 29.5 Å². The van der Waals surface area contributed by atoms with Gasteiger partial charge in [0.2, 0.25) is 0 Å². The molecule has 19 heavy (non-hydrogen) atoms. The molecule has 1 aromatic carbocycles. The van der Waals surface area contributed by atoms with E-state index in [0.717, 1.165) is 19.5 Å². The highest BCUT2D eigenvalue weighted by molar-refractivity contribution is 5.81. The minimum Gasteiger partial charge on any atom is -0.481 e. The van der Waals surface area contributed by atoms with Gasteiger partial charge in [0.15, 0.2) is 6.10 Å². The van der Waals surface area contributed by atoms with Crippen molar-refractivity contribution in [3.63, 3.8) is 0 Å². The van der Waals surface area contributed by atoms with Gasteiger partial charge in [-0.25, -0.2) is 4.39 Å². The third-order valence-corrected chi connectivity index (χ3v) is 3.44. The molecule has 0 N–H and O–H groups in total. The molecule has 0 radical (unpaired) electrons. The van der Waals surface area contributed by atoms with E-state index < -0.39 is 6.10 Å². The van der Waals surface area contributed by atoms with Crippen LogP contribution in [-0.4, -0.2) is 30.0 Å². The van der Waals surface area contributed by atoms with Crippen LogP contribution in [0.1, 0.15) is 26.7 Å². The average molecular weight is 265 g/mol. The highest BCUT2D eigenvalue weighted by atomic mass is 19.1. The van der Waals surface area contributed by atoms with Crippen LogP contribution >= 0.6 is 0 Å². The van der Waals surface area contributed by atoms with Gasteiger partial charge in [-0.05, 0) is 49.9 Å². The Morgan fingerprint density at radius 1 is 1.42 bits per heavy atom. The molecule has 1 aliphatic rings. The van der Waals surface area contributed by atoms with Crippen molar-refractivity contribution in [1.82, 2.24) is 4.90 Å². The van der Waals surface area contributed by atoms with Crippen LogP contribution in [0.3, 0.4) is 0 Å². The summed E-state index contributed by atoms with van der Waals surface area (Å²) in [6.07, 6.45) is 1.70. The van der Waals surface area contributed by atoms with Crippen LogP contribution in [0.4, 0.5) is 4.39 Å². The number of rotatable bonds is 3. The first-order valence-corrected chi connectivity index (χ1v) is 6.77. The lowest BCUT2D eigenvalue weighted by atomic mass is 10.00. The lowest BCUT2D eigenvalue weighted by Gasteiger charge is -2.32. The Labute approximate surface area is 113 Å². The molecule has 0 unspecified atom stereocenters. The van der Waals surface area contributed by atoms with Crippen molar-refractivity contribution in [2.24, 2.45) is 5.92 Å². The molecule has 4 heteroatoms. The van der Waals surface area contributed by atoms with Crippen LogP contribution in [0.15, 0.2) is 24.3 Å². The van der Waals surface area contributed by atoms with Gasteiger partial charge in [-0.15, -0.1) is 0 Å². The first-order valence-electron chi connectivity index (χ1n) is 6.77. The number of benzene rings is 1. The molecule has 104 valence electrons. The molecule has 1 fully saturated rings. The molecule has 0 aromatic heterocycles. The van der Waals surface area contributed by atoms with E-state index >= 15 is 0 Å². The largest absolute Gasteiger partial charge is 0.481 e. The highest BCUT2D eigenvalue weighted by Gasteiger charge is 2.25. The van der Waals surface area contributed by atoms with Gasteiger partial charge in [0.1, 0.15) is 11.6 Å². The van der Waals surface area contributed by atoms with Crippen LogP contribution < -0.4 is 4.74 Å². The molecule has 2 rings (SSSR count). The molecule has 0 bridgehead atoms. The van der Waals surface area contributed by atoms with Crippen molar-refractivity contribution in [3.05, 3.63) is 30.1 Å². The number of halogens is 1. The molecule has 0 spiro atoms. The van der Waals surface area contributed by atoms with E-state index in [1.807, 2.05) is 4.90 Å². The Morgan fingerprint density at radius 2 is 2.11 bits per heavy atom. The summed E-state index contributed by atoms with van der Waals surface area (Å²) < 4.78 is 18.3. The van der Waals surface area contributed by atoms with Gasteiger partial charge in [-0.2, -0.15) is 0 Å². The SMILES string of the molecule is C[C@@H]1CCCN(C(=O)[C@@H](C)Oc2ccc(F)cc2)C1. The maximum atomic E-state index is 12.8. The van der Waals surface area contributed by atoms with E-state index in [1.54, 1.807) is 6.92 Å². The van der Waals surface area contributed by atoms with Gasteiger partial charge in [-0.3, -0.25) is 4.79 Å². The molecule has 0 aliphatic carbocycles. The Kier molecular flexibility index (Phi) is 4.40. The van der Waals surface area contributed by atoms with Gasteiger partial charge in [-0.1, -0.05) is 6.92 Å².